The zero-order valence-corrected chi connectivity index (χ0v) is 19.1. The van der Waals surface area contributed by atoms with Crippen molar-refractivity contribution in [2.24, 2.45) is 5.10 Å². The van der Waals surface area contributed by atoms with E-state index >= 15 is 0 Å². The first-order chi connectivity index (χ1) is 16.8. The molecule has 178 valence electrons. The standard InChI is InChI=1S/C23H17F3N6O2S/c1-12-21(35-22(27-2)30-12)18-8-20(17(26)9-28-18)34-16-10-31(11-16)23(33)32-19(3-4-29-32)13-5-14(24)7-15(25)6-13/h4-9,16,19H,3,10-11H2,1H3/t19-/m0/s1. The van der Waals surface area contributed by atoms with Gasteiger partial charge in [0.05, 0.1) is 35.9 Å². The van der Waals surface area contributed by atoms with Gasteiger partial charge in [0.1, 0.15) is 23.4 Å². The number of carbonyl (C=O) groups is 1. The van der Waals surface area contributed by atoms with Crippen LogP contribution in [0.5, 0.6) is 5.75 Å². The van der Waals surface area contributed by atoms with Gasteiger partial charge in [0.15, 0.2) is 11.6 Å². The van der Waals surface area contributed by atoms with E-state index in [-0.39, 0.29) is 24.0 Å². The third-order valence-corrected chi connectivity index (χ3v) is 6.72. The zero-order chi connectivity index (χ0) is 24.7. The summed E-state index contributed by atoms with van der Waals surface area (Å²) in [6.07, 6.45) is 2.44. The molecule has 2 aromatic heterocycles. The number of ether oxygens (including phenoxy) is 1. The number of likely N-dealkylation sites (tertiary alicyclic amines) is 1. The highest BCUT2D eigenvalue weighted by Gasteiger charge is 2.39. The summed E-state index contributed by atoms with van der Waals surface area (Å²) in [6.45, 7) is 9.22. The highest BCUT2D eigenvalue weighted by molar-refractivity contribution is 7.19. The summed E-state index contributed by atoms with van der Waals surface area (Å²) in [5.74, 6) is -2.12. The number of hydrazone groups is 1. The molecule has 1 aromatic carbocycles. The van der Waals surface area contributed by atoms with Gasteiger partial charge in [-0.05, 0) is 17.7 Å². The van der Waals surface area contributed by atoms with E-state index in [1.807, 2.05) is 0 Å². The van der Waals surface area contributed by atoms with E-state index in [4.69, 9.17) is 11.3 Å². The van der Waals surface area contributed by atoms with E-state index in [0.29, 0.717) is 28.2 Å². The van der Waals surface area contributed by atoms with Crippen molar-refractivity contribution in [3.05, 3.63) is 70.6 Å². The molecule has 2 aliphatic rings. The van der Waals surface area contributed by atoms with Crippen molar-refractivity contribution in [1.82, 2.24) is 19.9 Å². The van der Waals surface area contributed by atoms with E-state index < -0.39 is 35.6 Å². The molecule has 4 heterocycles. The molecular weight excluding hydrogens is 481 g/mol. The molecule has 1 saturated heterocycles. The number of rotatable bonds is 4. The molecule has 2 aliphatic heterocycles. The van der Waals surface area contributed by atoms with Crippen LogP contribution in [-0.4, -0.2) is 51.3 Å². The smallest absolute Gasteiger partial charge is 0.341 e. The Morgan fingerprint density at radius 1 is 1.20 bits per heavy atom. The molecule has 35 heavy (non-hydrogen) atoms. The van der Waals surface area contributed by atoms with Gasteiger partial charge >= 0.3 is 11.2 Å². The average molecular weight is 498 g/mol. The Kier molecular flexibility index (Phi) is 5.86. The second-order valence-corrected chi connectivity index (χ2v) is 9.02. The number of carbonyl (C=O) groups excluding carboxylic acids is 1. The van der Waals surface area contributed by atoms with Crippen LogP contribution >= 0.6 is 11.3 Å². The Balaban J connectivity index is 1.25. The maximum Gasteiger partial charge on any atom is 0.341 e. The summed E-state index contributed by atoms with van der Waals surface area (Å²) in [5, 5.41) is 5.54. The molecule has 0 N–H and O–H groups in total. The fourth-order valence-corrected chi connectivity index (χ4v) is 4.76. The molecule has 5 rings (SSSR count). The fourth-order valence-electron chi connectivity index (χ4n) is 3.94. The van der Waals surface area contributed by atoms with Crippen LogP contribution in [0.3, 0.4) is 0 Å². The van der Waals surface area contributed by atoms with E-state index in [9.17, 15) is 18.0 Å². The highest BCUT2D eigenvalue weighted by Crippen LogP contribution is 2.36. The summed E-state index contributed by atoms with van der Waals surface area (Å²) in [5.41, 5.74) is 1.37. The quantitative estimate of drug-likeness (QED) is 0.470. The molecular formula is C23H17F3N6O2S. The van der Waals surface area contributed by atoms with E-state index in [0.717, 1.165) is 23.6 Å². The lowest BCUT2D eigenvalue weighted by Crippen LogP contribution is -2.58. The largest absolute Gasteiger partial charge is 0.483 e. The summed E-state index contributed by atoms with van der Waals surface area (Å²) < 4.78 is 47.4. The van der Waals surface area contributed by atoms with Gasteiger partial charge < -0.3 is 14.5 Å². The maximum atomic E-state index is 14.4. The molecule has 0 unspecified atom stereocenters. The normalized spacial score (nSPS) is 17.4. The molecule has 0 bridgehead atoms. The molecule has 8 nitrogen and oxygen atoms in total. The Hall–Kier alpha value is -3.98. The third kappa shape index (κ3) is 4.42. The lowest BCUT2D eigenvalue weighted by molar-refractivity contribution is 0.0256. The number of aromatic nitrogens is 2. The first-order valence-electron chi connectivity index (χ1n) is 10.6. The van der Waals surface area contributed by atoms with Gasteiger partial charge in [-0.25, -0.2) is 23.0 Å². The molecule has 0 spiro atoms. The number of halogens is 3. The summed E-state index contributed by atoms with van der Waals surface area (Å²) in [4.78, 5) is 26.6. The number of nitrogens with zero attached hydrogens (tertiary/aromatic N) is 6. The molecule has 1 atom stereocenters. The van der Waals surface area contributed by atoms with Crippen LogP contribution in [0.1, 0.15) is 23.7 Å². The van der Waals surface area contributed by atoms with E-state index in [2.05, 4.69) is 19.9 Å². The number of aryl methyl sites for hydroxylation is 1. The minimum absolute atomic E-state index is 0.0171. The monoisotopic (exact) mass is 498 g/mol. The van der Waals surface area contributed by atoms with Crippen molar-refractivity contribution in [3.8, 4) is 16.3 Å². The topological polar surface area (TPSA) is 75.3 Å². The summed E-state index contributed by atoms with van der Waals surface area (Å²) in [7, 11) is 0. The summed E-state index contributed by atoms with van der Waals surface area (Å²) >= 11 is 1.16. The van der Waals surface area contributed by atoms with Gasteiger partial charge in [-0.3, -0.25) is 4.98 Å². The highest BCUT2D eigenvalue weighted by atomic mass is 32.1. The number of amides is 2. The van der Waals surface area contributed by atoms with Crippen molar-refractivity contribution < 1.29 is 22.7 Å². The van der Waals surface area contributed by atoms with Gasteiger partial charge in [-0.15, -0.1) is 16.3 Å². The number of urea groups is 1. The van der Waals surface area contributed by atoms with Crippen molar-refractivity contribution in [1.29, 1.82) is 0 Å². The van der Waals surface area contributed by atoms with E-state index in [1.165, 1.54) is 34.3 Å². The van der Waals surface area contributed by atoms with Gasteiger partial charge in [0, 0.05) is 31.7 Å². The van der Waals surface area contributed by atoms with Crippen molar-refractivity contribution in [2.75, 3.05) is 13.1 Å². The molecule has 2 amide bonds. The van der Waals surface area contributed by atoms with Gasteiger partial charge in [-0.2, -0.15) is 5.10 Å². The molecule has 12 heteroatoms. The second-order valence-electron chi connectivity index (χ2n) is 8.05. The van der Waals surface area contributed by atoms with Crippen LogP contribution in [0, 0.1) is 30.9 Å². The number of hydrogen-bond acceptors (Lipinski definition) is 6. The lowest BCUT2D eigenvalue weighted by atomic mass is 10.0. The predicted molar refractivity (Wildman–Crippen MR) is 122 cm³/mol. The van der Waals surface area contributed by atoms with E-state index in [1.54, 1.807) is 6.92 Å². The Labute approximate surface area is 202 Å². The Morgan fingerprint density at radius 3 is 2.63 bits per heavy atom. The van der Waals surface area contributed by atoms with Crippen LogP contribution < -0.4 is 4.74 Å². The fraction of sp³-hybridized carbons (Fsp3) is 0.261. The number of benzene rings is 1. The molecule has 3 aromatic rings. The summed E-state index contributed by atoms with van der Waals surface area (Å²) in [6, 6.07) is 3.53. The number of pyridine rings is 1. The van der Waals surface area contributed by atoms with Gasteiger partial charge in [0.2, 0.25) is 0 Å². The minimum atomic E-state index is -0.728. The zero-order valence-electron chi connectivity index (χ0n) is 18.3. The van der Waals surface area contributed by atoms with Gasteiger partial charge in [-0.1, -0.05) is 6.57 Å². The minimum Gasteiger partial charge on any atom is -0.483 e. The maximum absolute atomic E-state index is 14.4. The predicted octanol–water partition coefficient (Wildman–Crippen LogP) is 5.10. The molecule has 0 aliphatic carbocycles. The number of thiazole rings is 1. The average Bonchev–Trinajstić information content (AvgIpc) is 3.43. The Morgan fingerprint density at radius 2 is 1.94 bits per heavy atom. The van der Waals surface area contributed by atoms with Crippen LogP contribution in [0.2, 0.25) is 0 Å². The van der Waals surface area contributed by atoms with Crippen LogP contribution in [0.4, 0.5) is 23.1 Å². The van der Waals surface area contributed by atoms with Crippen molar-refractivity contribution in [3.63, 3.8) is 0 Å². The molecule has 0 saturated carbocycles. The third-order valence-electron chi connectivity index (χ3n) is 5.64. The van der Waals surface area contributed by atoms with Crippen LogP contribution in [-0.2, 0) is 0 Å². The second kappa shape index (κ2) is 8.99. The molecule has 1 fully saturated rings. The SMILES string of the molecule is [C-]#[N+]c1nc(C)c(-c2cc(OC3CN(C(=O)N4N=CC[C@H]4c4cc(F)cc(F)c4)C3)c(F)cn2)s1. The molecule has 0 radical (unpaired) electrons. The first-order valence-corrected chi connectivity index (χ1v) is 11.4. The lowest BCUT2D eigenvalue weighted by Gasteiger charge is -2.41. The first kappa shape index (κ1) is 22.8. The van der Waals surface area contributed by atoms with Crippen molar-refractivity contribution >= 4 is 28.7 Å². The van der Waals surface area contributed by atoms with Crippen LogP contribution in [0.25, 0.3) is 15.4 Å². The Bertz CT molecular complexity index is 1360. The van der Waals surface area contributed by atoms with Crippen molar-refractivity contribution in [2.45, 2.75) is 25.5 Å². The number of hydrogen-bond donors (Lipinski definition) is 0. The van der Waals surface area contributed by atoms with Gasteiger partial charge in [0.25, 0.3) is 0 Å². The van der Waals surface area contributed by atoms with Crippen LogP contribution in [0.15, 0.2) is 35.6 Å².